The van der Waals surface area contributed by atoms with Crippen LogP contribution in [0.25, 0.3) is 10.8 Å². The van der Waals surface area contributed by atoms with E-state index in [0.29, 0.717) is 23.5 Å². The molecule has 0 radical (unpaired) electrons. The van der Waals surface area contributed by atoms with Crippen molar-refractivity contribution in [1.82, 2.24) is 0 Å². The molecule has 52 heavy (non-hydrogen) atoms. The maximum atomic E-state index is 6.82. The fourth-order valence-electron chi connectivity index (χ4n) is 9.12. The first kappa shape index (κ1) is 38.6. The van der Waals surface area contributed by atoms with E-state index >= 15 is 0 Å². The Morgan fingerprint density at radius 2 is 0.615 bits per heavy atom. The van der Waals surface area contributed by atoms with Crippen molar-refractivity contribution in [1.29, 1.82) is 0 Å². The van der Waals surface area contributed by atoms with Crippen molar-refractivity contribution in [2.45, 2.75) is 78.9 Å². The van der Waals surface area contributed by atoms with Gasteiger partial charge in [0.05, 0.1) is 0 Å². The molecule has 0 saturated carbocycles. The van der Waals surface area contributed by atoms with E-state index < -0.39 is 0 Å². The first-order chi connectivity index (χ1) is 24.9. The summed E-state index contributed by atoms with van der Waals surface area (Å²) in [6.45, 7) is 17.3. The van der Waals surface area contributed by atoms with Crippen LogP contribution in [0.15, 0.2) is 84.9 Å². The van der Waals surface area contributed by atoms with Gasteiger partial charge in [0.25, 0.3) is 0 Å². The molecule has 6 aromatic rings. The molecule has 0 atom stereocenters. The Morgan fingerprint density at radius 1 is 0.365 bits per heavy atom. The van der Waals surface area contributed by atoms with Gasteiger partial charge >= 0.3 is 0 Å². The highest BCUT2D eigenvalue weighted by molar-refractivity contribution is 7.00. The van der Waals surface area contributed by atoms with E-state index in [1.165, 1.54) is 88.1 Å². The predicted octanol–water partition coefficient (Wildman–Crippen LogP) is 9.29. The Morgan fingerprint density at radius 3 is 0.846 bits per heavy atom. The number of hydrogen-bond acceptors (Lipinski definition) is 0. The van der Waals surface area contributed by atoms with Crippen molar-refractivity contribution in [3.8, 4) is 0 Å². The summed E-state index contributed by atoms with van der Waals surface area (Å²) in [7, 11) is 0. The molecule has 0 nitrogen and oxygen atoms in total. The zero-order valence-electron chi connectivity index (χ0n) is 31.6. The number of alkyl halides is 4. The van der Waals surface area contributed by atoms with Gasteiger partial charge in [-0.2, -0.15) is 0 Å². The average Bonchev–Trinajstić information content (AvgIpc) is 3.10. The van der Waals surface area contributed by atoms with Gasteiger partial charge in [0, 0.05) is 23.5 Å². The summed E-state index contributed by atoms with van der Waals surface area (Å²) in [4.78, 5) is 0. The molecule has 0 aliphatic carbocycles. The Balaban J connectivity index is 1.76. The molecule has 0 aliphatic heterocycles. The fourth-order valence-corrected chi connectivity index (χ4v) is 10.0. The van der Waals surface area contributed by atoms with Gasteiger partial charge in [0.15, 0.2) is 0 Å². The number of halogens is 4. The molecule has 0 unspecified atom stereocenters. The minimum Gasteiger partial charge on any atom is -0.122 e. The highest BCUT2D eigenvalue weighted by Crippen LogP contribution is 2.22. The van der Waals surface area contributed by atoms with Crippen LogP contribution in [0, 0.1) is 55.4 Å². The van der Waals surface area contributed by atoms with Crippen LogP contribution in [-0.4, -0.2) is 13.4 Å². The van der Waals surface area contributed by atoms with Crippen molar-refractivity contribution < 1.29 is 0 Å². The molecule has 0 fully saturated rings. The van der Waals surface area contributed by atoms with Crippen LogP contribution >= 0.6 is 46.4 Å². The predicted molar refractivity (Wildman–Crippen MR) is 235 cm³/mol. The van der Waals surface area contributed by atoms with Crippen molar-refractivity contribution >= 4 is 103 Å². The minimum atomic E-state index is -0.0832. The van der Waals surface area contributed by atoms with Crippen molar-refractivity contribution in [2.24, 2.45) is 0 Å². The summed E-state index contributed by atoms with van der Waals surface area (Å²) in [5.41, 5.74) is 21.9. The van der Waals surface area contributed by atoms with E-state index in [1.807, 2.05) is 0 Å². The summed E-state index contributed by atoms with van der Waals surface area (Å²) < 4.78 is 0. The Labute approximate surface area is 332 Å². The first-order valence-corrected chi connectivity index (χ1v) is 20.2. The lowest BCUT2D eigenvalue weighted by molar-refractivity contribution is 1.31. The molecule has 0 heterocycles. The highest BCUT2D eigenvalue weighted by Gasteiger charge is 2.35. The van der Waals surface area contributed by atoms with Gasteiger partial charge in [-0.3, -0.25) is 0 Å². The van der Waals surface area contributed by atoms with E-state index in [0.717, 1.165) is 22.3 Å². The van der Waals surface area contributed by atoms with E-state index in [9.17, 15) is 0 Å². The zero-order valence-corrected chi connectivity index (χ0v) is 34.6. The summed E-state index contributed by atoms with van der Waals surface area (Å²) in [5.74, 6) is 1.70. The molecule has 0 spiro atoms. The first-order valence-electron chi connectivity index (χ1n) is 18.1. The van der Waals surface area contributed by atoms with Crippen LogP contribution in [0.5, 0.6) is 0 Å². The maximum Gasteiger partial charge on any atom is 0.243 e. The molecular formula is C46H46B2Cl4. The second-order valence-electron chi connectivity index (χ2n) is 14.8. The summed E-state index contributed by atoms with van der Waals surface area (Å²) >= 11 is 27.3. The normalized spacial score (nSPS) is 11.4. The van der Waals surface area contributed by atoms with Gasteiger partial charge in [-0.05, 0) is 88.4 Å². The molecule has 6 aromatic carbocycles. The van der Waals surface area contributed by atoms with Gasteiger partial charge < -0.3 is 0 Å². The Kier molecular flexibility index (Phi) is 11.9. The monoisotopic (exact) mass is 760 g/mol. The van der Waals surface area contributed by atoms with Crippen LogP contribution in [-0.2, 0) is 23.5 Å². The lowest BCUT2D eigenvalue weighted by atomic mass is 9.31. The van der Waals surface area contributed by atoms with Crippen LogP contribution in [0.2, 0.25) is 0 Å². The van der Waals surface area contributed by atoms with E-state index in [1.54, 1.807) is 0 Å². The van der Waals surface area contributed by atoms with Gasteiger partial charge in [-0.25, -0.2) is 0 Å². The SMILES string of the molecule is Cc1cc(C)c(B(c2c(C)cc(C)cc2CCl)c2ccc(B(c3c(C)cc(C)cc3CCl)c3c(C)cc(C)cc3CCl)c3ccccc23)c(CCl)c1. The van der Waals surface area contributed by atoms with E-state index in [2.05, 4.69) is 140 Å². The lowest BCUT2D eigenvalue weighted by Crippen LogP contribution is -2.59. The van der Waals surface area contributed by atoms with Gasteiger partial charge in [-0.15, -0.1) is 46.4 Å². The molecule has 0 bridgehead atoms. The zero-order chi connectivity index (χ0) is 37.4. The number of benzene rings is 6. The molecule has 0 aromatic heterocycles. The molecule has 0 amide bonds. The van der Waals surface area contributed by atoms with Crippen molar-refractivity contribution in [2.75, 3.05) is 0 Å². The highest BCUT2D eigenvalue weighted by atomic mass is 35.5. The lowest BCUT2D eigenvalue weighted by Gasteiger charge is -2.29. The van der Waals surface area contributed by atoms with Gasteiger partial charge in [0.1, 0.15) is 0 Å². The molecule has 0 N–H and O–H groups in total. The number of rotatable bonds is 10. The smallest absolute Gasteiger partial charge is 0.122 e. The molecule has 0 aliphatic rings. The van der Waals surface area contributed by atoms with Crippen molar-refractivity contribution in [3.05, 3.63) is 152 Å². The fraction of sp³-hybridized carbons (Fsp3) is 0.261. The Bertz CT molecular complexity index is 2030. The quantitative estimate of drug-likeness (QED) is 0.0965. The van der Waals surface area contributed by atoms with Gasteiger partial charge in [-0.1, -0.05) is 162 Å². The second kappa shape index (κ2) is 16.1. The van der Waals surface area contributed by atoms with Crippen LogP contribution in [0.3, 0.4) is 0 Å². The molecule has 264 valence electrons. The molecule has 0 saturated heterocycles. The number of hydrogen-bond donors (Lipinski definition) is 0. The van der Waals surface area contributed by atoms with Gasteiger partial charge in [0.2, 0.25) is 13.4 Å². The van der Waals surface area contributed by atoms with Crippen molar-refractivity contribution in [3.63, 3.8) is 0 Å². The van der Waals surface area contributed by atoms with E-state index in [-0.39, 0.29) is 13.4 Å². The number of fused-ring (bicyclic) bond motifs is 1. The standard InChI is InChI=1S/C46H46B2Cl4/c1-27-15-31(5)43(35(19-27)23-49)47(44-32(6)16-28(2)20-36(44)24-50)41-13-14-42(40-12-10-9-11-39(40)41)48(45-33(7)17-29(3)21-37(45)25-51)46-34(8)18-30(4)22-38(46)26-52/h9-22H,23-26H2,1-8H3. The summed E-state index contributed by atoms with van der Waals surface area (Å²) in [6.07, 6.45) is 0. The minimum absolute atomic E-state index is 0.0832. The van der Waals surface area contributed by atoms with Crippen LogP contribution in [0.1, 0.15) is 66.8 Å². The molecule has 6 heteroatoms. The number of aryl methyl sites for hydroxylation is 8. The third-order valence-corrected chi connectivity index (χ3v) is 12.0. The summed E-state index contributed by atoms with van der Waals surface area (Å²) in [6, 6.07) is 31.8. The average molecular weight is 762 g/mol. The Hall–Kier alpha value is -3.13. The second-order valence-corrected chi connectivity index (χ2v) is 15.9. The third-order valence-electron chi connectivity index (χ3n) is 10.8. The summed E-state index contributed by atoms with van der Waals surface area (Å²) in [5, 5.41) is 2.43. The maximum absolute atomic E-state index is 6.82. The largest absolute Gasteiger partial charge is 0.243 e. The van der Waals surface area contributed by atoms with Crippen LogP contribution in [0.4, 0.5) is 0 Å². The molecular weight excluding hydrogens is 716 g/mol. The van der Waals surface area contributed by atoms with E-state index in [4.69, 9.17) is 46.4 Å². The topological polar surface area (TPSA) is 0 Å². The molecule has 6 rings (SSSR count). The third kappa shape index (κ3) is 7.22. The van der Waals surface area contributed by atoms with Crippen LogP contribution < -0.4 is 32.8 Å².